The van der Waals surface area contributed by atoms with Crippen molar-refractivity contribution in [3.63, 3.8) is 0 Å². The van der Waals surface area contributed by atoms with Gasteiger partial charge < -0.3 is 9.84 Å². The number of hydrogen-bond acceptors (Lipinski definition) is 9. The Labute approximate surface area is 195 Å². The number of fused-ring (bicyclic) bond motifs is 1. The van der Waals surface area contributed by atoms with Gasteiger partial charge in [-0.3, -0.25) is 14.4 Å². The molecule has 182 valence electrons. The summed E-state index contributed by atoms with van der Waals surface area (Å²) in [6, 6.07) is 7.42. The Hall–Kier alpha value is -3.71. The number of phenolic OH excluding ortho intramolecular Hbond substituents is 1. The molecule has 3 N–H and O–H groups in total. The largest absolute Gasteiger partial charge is 0.506 e. The summed E-state index contributed by atoms with van der Waals surface area (Å²) in [5.41, 5.74) is 5.36. The minimum absolute atomic E-state index is 0.0677. The number of ether oxygens (including phenoxy) is 1. The van der Waals surface area contributed by atoms with Gasteiger partial charge in [-0.2, -0.15) is 8.42 Å². The summed E-state index contributed by atoms with van der Waals surface area (Å²) in [6.45, 7) is 3.73. The molecule has 1 heterocycles. The average Bonchev–Trinajstić information content (AvgIpc) is 3.24. The van der Waals surface area contributed by atoms with Gasteiger partial charge in [0.25, 0.3) is 16.0 Å². The van der Waals surface area contributed by atoms with Crippen LogP contribution in [-0.2, 0) is 25.5 Å². The number of carbonyl (C=O) groups is 2. The van der Waals surface area contributed by atoms with Crippen molar-refractivity contribution in [1.29, 1.82) is 0 Å². The molecule has 0 bridgehead atoms. The first-order chi connectivity index (χ1) is 16.2. The van der Waals surface area contributed by atoms with Crippen LogP contribution in [0.3, 0.4) is 0 Å². The van der Waals surface area contributed by atoms with E-state index < -0.39 is 27.0 Å². The zero-order valence-electron chi connectivity index (χ0n) is 18.9. The maximum Gasteiger partial charge on any atom is 0.426 e. The number of aromatic nitrogens is 3. The Bertz CT molecular complexity index is 1320. The van der Waals surface area contributed by atoms with Gasteiger partial charge in [0.05, 0.1) is 19.3 Å². The van der Waals surface area contributed by atoms with Crippen LogP contribution in [0.25, 0.3) is 16.7 Å². The molecule has 0 aliphatic heterocycles. The number of benzene rings is 2. The van der Waals surface area contributed by atoms with Gasteiger partial charge in [-0.05, 0) is 49.6 Å². The zero-order chi connectivity index (χ0) is 24.9. The molecule has 13 heteroatoms. The predicted octanol–water partition coefficient (Wildman–Crippen LogP) is 2.19. The summed E-state index contributed by atoms with van der Waals surface area (Å²) in [6.07, 6.45) is 1.86. The first-order valence-electron chi connectivity index (χ1n) is 10.5. The molecule has 0 saturated carbocycles. The van der Waals surface area contributed by atoms with E-state index in [1.54, 1.807) is 19.1 Å². The lowest BCUT2D eigenvalue weighted by Gasteiger charge is -2.10. The van der Waals surface area contributed by atoms with E-state index in [2.05, 4.69) is 31.5 Å². The van der Waals surface area contributed by atoms with E-state index in [4.69, 9.17) is 0 Å². The van der Waals surface area contributed by atoms with Crippen molar-refractivity contribution in [3.8, 4) is 11.4 Å². The van der Waals surface area contributed by atoms with Crippen molar-refractivity contribution < 1.29 is 32.0 Å². The zero-order valence-corrected chi connectivity index (χ0v) is 19.7. The number of aromatic hydroxyl groups is 1. The Kier molecular flexibility index (Phi) is 7.68. The van der Waals surface area contributed by atoms with E-state index in [1.807, 2.05) is 5.43 Å². The molecule has 2 aromatic carbocycles. The average molecular weight is 492 g/mol. The number of aryl methyl sites for hydroxylation is 1. The second-order valence-corrected chi connectivity index (χ2v) is 8.85. The van der Waals surface area contributed by atoms with Crippen LogP contribution in [0.1, 0.15) is 42.6 Å². The SMILES string of the molecule is CCCCc1ccc(O)c(-n2nc3cc(C(=O)NNC(=O)OCC)c(S(=O)(=O)OC)cc3n2)c1. The summed E-state index contributed by atoms with van der Waals surface area (Å²) in [7, 11) is -3.37. The fraction of sp³-hybridized carbons (Fsp3) is 0.333. The number of nitrogens with one attached hydrogen (secondary N) is 2. The van der Waals surface area contributed by atoms with Gasteiger partial charge >= 0.3 is 6.09 Å². The minimum atomic E-state index is -4.33. The van der Waals surface area contributed by atoms with E-state index in [-0.39, 0.29) is 29.0 Å². The number of carbonyl (C=O) groups excluding carboxylic acids is 2. The van der Waals surface area contributed by atoms with E-state index in [0.29, 0.717) is 5.69 Å². The Morgan fingerprint density at radius 1 is 1.09 bits per heavy atom. The highest BCUT2D eigenvalue weighted by Gasteiger charge is 2.25. The summed E-state index contributed by atoms with van der Waals surface area (Å²) in [5.74, 6) is -1.01. The first kappa shape index (κ1) is 24.9. The molecule has 3 aromatic rings. The third kappa shape index (κ3) is 5.43. The third-order valence-electron chi connectivity index (χ3n) is 4.84. The molecule has 34 heavy (non-hydrogen) atoms. The fourth-order valence-corrected chi connectivity index (χ4v) is 3.99. The van der Waals surface area contributed by atoms with Crippen LogP contribution in [-0.4, -0.2) is 54.2 Å². The third-order valence-corrected chi connectivity index (χ3v) is 6.16. The molecular formula is C21H25N5O7S. The van der Waals surface area contributed by atoms with Crippen LogP contribution in [0.15, 0.2) is 35.2 Å². The normalized spacial score (nSPS) is 11.4. The van der Waals surface area contributed by atoms with E-state index in [0.717, 1.165) is 42.8 Å². The molecule has 0 aliphatic rings. The summed E-state index contributed by atoms with van der Waals surface area (Å²) in [5, 5.41) is 18.9. The second-order valence-electron chi connectivity index (χ2n) is 7.17. The number of amides is 2. The number of unbranched alkanes of at least 4 members (excludes halogenated alkanes) is 1. The smallest absolute Gasteiger partial charge is 0.426 e. The van der Waals surface area contributed by atoms with Crippen LogP contribution >= 0.6 is 0 Å². The molecule has 0 atom stereocenters. The molecule has 0 saturated heterocycles. The topological polar surface area (TPSA) is 162 Å². The van der Waals surface area contributed by atoms with Gasteiger partial charge in [0.15, 0.2) is 0 Å². The van der Waals surface area contributed by atoms with Crippen LogP contribution in [0, 0.1) is 0 Å². The highest BCUT2D eigenvalue weighted by atomic mass is 32.2. The van der Waals surface area contributed by atoms with Crippen LogP contribution in [0.2, 0.25) is 0 Å². The minimum Gasteiger partial charge on any atom is -0.506 e. The van der Waals surface area contributed by atoms with Gasteiger partial charge in [-0.25, -0.2) is 10.2 Å². The van der Waals surface area contributed by atoms with Crippen molar-refractivity contribution in [1.82, 2.24) is 25.8 Å². The molecular weight excluding hydrogens is 466 g/mol. The summed E-state index contributed by atoms with van der Waals surface area (Å²) >= 11 is 0. The highest BCUT2D eigenvalue weighted by Crippen LogP contribution is 2.27. The number of hydrogen-bond donors (Lipinski definition) is 3. The van der Waals surface area contributed by atoms with Gasteiger partial charge in [0, 0.05) is 0 Å². The second kappa shape index (κ2) is 10.5. The van der Waals surface area contributed by atoms with Gasteiger partial charge in [0.2, 0.25) is 0 Å². The number of rotatable bonds is 8. The van der Waals surface area contributed by atoms with E-state index >= 15 is 0 Å². The molecule has 0 spiro atoms. The lowest BCUT2D eigenvalue weighted by Crippen LogP contribution is -2.42. The number of hydrazine groups is 1. The maximum absolute atomic E-state index is 12.7. The highest BCUT2D eigenvalue weighted by molar-refractivity contribution is 7.86. The van der Waals surface area contributed by atoms with Crippen molar-refractivity contribution in [2.24, 2.45) is 0 Å². The van der Waals surface area contributed by atoms with Crippen molar-refractivity contribution in [2.75, 3.05) is 13.7 Å². The first-order valence-corrected chi connectivity index (χ1v) is 11.9. The standard InChI is InChI=1S/C21H25N5O7S/c1-4-6-7-13-8-9-18(27)17(10-13)26-24-15-11-14(20(28)22-23-21(29)33-5-2)19(12-16(15)25-26)34(30,31)32-3/h8-12,27H,4-7H2,1-3H3,(H,22,28)(H,23,29). The predicted molar refractivity (Wildman–Crippen MR) is 121 cm³/mol. The van der Waals surface area contributed by atoms with Crippen LogP contribution < -0.4 is 10.9 Å². The van der Waals surface area contributed by atoms with Gasteiger partial charge in [0.1, 0.15) is 27.4 Å². The fourth-order valence-electron chi connectivity index (χ4n) is 3.13. The molecule has 0 fully saturated rings. The quantitative estimate of drug-likeness (QED) is 0.317. The molecule has 1 aromatic heterocycles. The number of nitrogens with zero attached hydrogens (tertiary/aromatic N) is 3. The molecule has 2 amide bonds. The van der Waals surface area contributed by atoms with Crippen molar-refractivity contribution in [3.05, 3.63) is 41.5 Å². The summed E-state index contributed by atoms with van der Waals surface area (Å²) < 4.78 is 34.2. The molecule has 3 rings (SSSR count). The van der Waals surface area contributed by atoms with Crippen molar-refractivity contribution in [2.45, 2.75) is 38.0 Å². The summed E-state index contributed by atoms with van der Waals surface area (Å²) in [4.78, 5) is 24.8. The molecule has 0 aliphatic carbocycles. The molecule has 12 nitrogen and oxygen atoms in total. The van der Waals surface area contributed by atoms with Crippen LogP contribution in [0.4, 0.5) is 4.79 Å². The van der Waals surface area contributed by atoms with Crippen LogP contribution in [0.5, 0.6) is 5.75 Å². The Morgan fingerprint density at radius 3 is 2.44 bits per heavy atom. The van der Waals surface area contributed by atoms with Crippen molar-refractivity contribution >= 4 is 33.2 Å². The molecule has 0 radical (unpaired) electrons. The van der Waals surface area contributed by atoms with Gasteiger partial charge in [-0.15, -0.1) is 15.0 Å². The van der Waals surface area contributed by atoms with Gasteiger partial charge in [-0.1, -0.05) is 19.4 Å². The van der Waals surface area contributed by atoms with E-state index in [1.165, 1.54) is 12.1 Å². The Balaban J connectivity index is 2.06. The molecule has 0 unspecified atom stereocenters. The monoisotopic (exact) mass is 491 g/mol. The lowest BCUT2D eigenvalue weighted by molar-refractivity contribution is 0.0909. The lowest BCUT2D eigenvalue weighted by atomic mass is 10.1. The van der Waals surface area contributed by atoms with E-state index in [9.17, 15) is 23.1 Å². The number of phenols is 1. The maximum atomic E-state index is 12.7. The Morgan fingerprint density at radius 2 is 1.79 bits per heavy atom.